The van der Waals surface area contributed by atoms with Crippen LogP contribution in [-0.4, -0.2) is 175 Å². The number of hydrogen-bond acceptors (Lipinski definition) is 6. The maximum absolute atomic E-state index is 6.38. The Hall–Kier alpha value is -7.48. The number of aromatic amines is 2. The molecule has 92 heavy (non-hydrogen) atoms. The third kappa shape index (κ3) is 21.3. The van der Waals surface area contributed by atoms with Crippen LogP contribution in [0.2, 0.25) is 0 Å². The standard InChI is InChI=1S/C80H110N8O4/c1-85(2,3)53-21-13-17-25-57-89-65-37-29-61(30-38-65)77-69-45-47-71(81-69)78(62-31-39-66(40-32-62)90-58-26-18-14-22-54-86(4,5)6)73-49-51-75(83-73)80(64-35-43-68(44-36-64)92-60-28-20-16-24-56-88(10,11)12)76-52-50-74(84-76)79(72-48-46-70(77)82-72)63-33-41-67(42-34-63)91-59-27-19-15-23-55-87(7,8)9/h29-52,81,84H,13-28,53-60H2,1-12H3/q+4. The number of fused-ring (bicyclic) bond motifs is 8. The first-order valence-electron chi connectivity index (χ1n) is 34.4. The van der Waals surface area contributed by atoms with Crippen LogP contribution in [0.1, 0.15) is 126 Å². The van der Waals surface area contributed by atoms with Crippen molar-refractivity contribution in [2.24, 2.45) is 0 Å². The van der Waals surface area contributed by atoms with Gasteiger partial charge in [-0.3, -0.25) is 0 Å². The van der Waals surface area contributed by atoms with E-state index in [1.807, 2.05) is 0 Å². The second kappa shape index (κ2) is 32.4. The fourth-order valence-electron chi connectivity index (χ4n) is 12.2. The molecule has 7 aromatic rings. The van der Waals surface area contributed by atoms with Crippen molar-refractivity contribution in [2.75, 3.05) is 137 Å². The van der Waals surface area contributed by atoms with E-state index >= 15 is 0 Å². The van der Waals surface area contributed by atoms with Gasteiger partial charge in [0.25, 0.3) is 0 Å². The molecule has 0 saturated carbocycles. The van der Waals surface area contributed by atoms with Gasteiger partial charge in [-0.25, -0.2) is 9.97 Å². The summed E-state index contributed by atoms with van der Waals surface area (Å²) in [5.74, 6) is 3.45. The number of ether oxygens (including phenoxy) is 4. The Bertz CT molecular complexity index is 3200. The van der Waals surface area contributed by atoms with E-state index in [9.17, 15) is 0 Å². The van der Waals surface area contributed by atoms with Crippen LogP contribution in [0.4, 0.5) is 0 Å². The molecule has 0 atom stereocenters. The zero-order valence-corrected chi connectivity index (χ0v) is 58.1. The number of quaternary nitrogens is 4. The fourth-order valence-corrected chi connectivity index (χ4v) is 12.2. The summed E-state index contributed by atoms with van der Waals surface area (Å²) in [6.07, 6.45) is 27.2. The lowest BCUT2D eigenvalue weighted by molar-refractivity contribution is -0.870. The largest absolute Gasteiger partial charge is 0.494 e. The van der Waals surface area contributed by atoms with E-state index < -0.39 is 0 Å². The molecule has 8 bridgehead atoms. The first-order valence-corrected chi connectivity index (χ1v) is 34.4. The minimum absolute atomic E-state index is 0.691. The predicted molar refractivity (Wildman–Crippen MR) is 388 cm³/mol. The highest BCUT2D eigenvalue weighted by atomic mass is 16.5. The molecule has 0 unspecified atom stereocenters. The van der Waals surface area contributed by atoms with Crippen molar-refractivity contribution >= 4 is 46.4 Å². The lowest BCUT2D eigenvalue weighted by Crippen LogP contribution is -2.35. The number of aromatic nitrogens is 4. The molecule has 2 aliphatic rings. The van der Waals surface area contributed by atoms with Crippen molar-refractivity contribution in [3.05, 3.63) is 144 Å². The van der Waals surface area contributed by atoms with Crippen molar-refractivity contribution in [1.29, 1.82) is 0 Å². The number of H-pyrrole nitrogens is 2. The average molecular weight is 1250 g/mol. The number of hydrogen-bond donors (Lipinski definition) is 2. The number of nitrogens with one attached hydrogen (secondary N) is 2. The molecular weight excluding hydrogens is 1140 g/mol. The van der Waals surface area contributed by atoms with Gasteiger partial charge >= 0.3 is 0 Å². The van der Waals surface area contributed by atoms with Crippen molar-refractivity contribution in [3.8, 4) is 67.5 Å². The van der Waals surface area contributed by atoms with Gasteiger partial charge in [0.2, 0.25) is 0 Å². The van der Waals surface area contributed by atoms with E-state index in [0.717, 1.165) is 182 Å². The van der Waals surface area contributed by atoms with E-state index in [0.29, 0.717) is 26.4 Å². The molecule has 0 aliphatic carbocycles. The molecule has 0 fully saturated rings. The minimum Gasteiger partial charge on any atom is -0.494 e. The Morgan fingerprint density at radius 1 is 0.250 bits per heavy atom. The fraction of sp³-hybridized carbons (Fsp3) is 0.450. The van der Waals surface area contributed by atoms with E-state index in [1.165, 1.54) is 77.5 Å². The Labute approximate surface area is 552 Å². The Kier molecular flexibility index (Phi) is 24.2. The predicted octanol–water partition coefficient (Wildman–Crippen LogP) is 17.9. The molecule has 9 rings (SSSR count). The summed E-state index contributed by atoms with van der Waals surface area (Å²) in [6.45, 7) is 7.51. The minimum atomic E-state index is 0.691. The molecule has 0 spiro atoms. The van der Waals surface area contributed by atoms with Crippen molar-refractivity contribution in [3.63, 3.8) is 0 Å². The normalized spacial score (nSPS) is 12.7. The first-order chi connectivity index (χ1) is 44.1. The maximum atomic E-state index is 6.38. The number of unbranched alkanes of at least 4 members (excludes halogenated alkanes) is 12. The second-order valence-electron chi connectivity index (χ2n) is 29.7. The van der Waals surface area contributed by atoms with Gasteiger partial charge in [-0.1, -0.05) is 48.5 Å². The van der Waals surface area contributed by atoms with Gasteiger partial charge in [-0.05, 0) is 222 Å². The van der Waals surface area contributed by atoms with E-state index in [4.69, 9.17) is 28.9 Å². The topological polar surface area (TPSA) is 94.3 Å². The summed E-state index contributed by atoms with van der Waals surface area (Å²) >= 11 is 0. The summed E-state index contributed by atoms with van der Waals surface area (Å²) in [6, 6.07) is 43.0. The Morgan fingerprint density at radius 3 is 0.641 bits per heavy atom. The average Bonchev–Trinajstić information content (AvgIpc) is 1.61. The molecule has 5 heterocycles. The Balaban J connectivity index is 1.12. The van der Waals surface area contributed by atoms with Crippen LogP contribution in [0.5, 0.6) is 23.0 Å². The third-order valence-electron chi connectivity index (χ3n) is 17.3. The first kappa shape index (κ1) is 68.9. The highest BCUT2D eigenvalue weighted by Crippen LogP contribution is 2.40. The molecule has 3 aromatic heterocycles. The molecule has 0 radical (unpaired) electrons. The maximum Gasteiger partial charge on any atom is 0.119 e. The highest BCUT2D eigenvalue weighted by Gasteiger charge is 2.21. The number of nitrogens with zero attached hydrogens (tertiary/aromatic N) is 6. The second-order valence-corrected chi connectivity index (χ2v) is 29.7. The van der Waals surface area contributed by atoms with Gasteiger partial charge in [0.1, 0.15) is 23.0 Å². The molecule has 2 N–H and O–H groups in total. The van der Waals surface area contributed by atoms with Gasteiger partial charge in [0.15, 0.2) is 0 Å². The lowest BCUT2D eigenvalue weighted by atomic mass is 10.0. The van der Waals surface area contributed by atoms with Crippen LogP contribution < -0.4 is 18.9 Å². The molecular formula is C80H110N8O4+4. The van der Waals surface area contributed by atoms with Gasteiger partial charge in [-0.15, -0.1) is 0 Å². The van der Waals surface area contributed by atoms with Crippen LogP contribution in [0.15, 0.2) is 121 Å². The molecule has 0 saturated heterocycles. The van der Waals surface area contributed by atoms with Gasteiger partial charge in [-0.2, -0.15) is 0 Å². The zero-order valence-electron chi connectivity index (χ0n) is 58.1. The summed E-state index contributed by atoms with van der Waals surface area (Å²) in [5, 5.41) is 0. The number of rotatable bonds is 36. The number of benzene rings is 4. The van der Waals surface area contributed by atoms with Gasteiger partial charge in [0.05, 0.1) is 160 Å². The molecule has 12 heteroatoms. The summed E-state index contributed by atoms with van der Waals surface area (Å²) < 4.78 is 29.5. The van der Waals surface area contributed by atoms with E-state index in [2.05, 4.69) is 240 Å². The van der Waals surface area contributed by atoms with Gasteiger partial charge in [0, 0.05) is 44.3 Å². The zero-order chi connectivity index (χ0) is 65.1. The van der Waals surface area contributed by atoms with E-state index in [1.54, 1.807) is 0 Å². The van der Waals surface area contributed by atoms with Crippen molar-refractivity contribution in [2.45, 2.75) is 103 Å². The van der Waals surface area contributed by atoms with Crippen LogP contribution in [-0.2, 0) is 0 Å². The van der Waals surface area contributed by atoms with Crippen LogP contribution in [0.25, 0.3) is 90.9 Å². The molecule has 490 valence electrons. The summed E-state index contributed by atoms with van der Waals surface area (Å²) in [5.41, 5.74) is 15.3. The van der Waals surface area contributed by atoms with Gasteiger partial charge < -0.3 is 46.8 Å². The van der Waals surface area contributed by atoms with Crippen molar-refractivity contribution in [1.82, 2.24) is 19.9 Å². The quantitative estimate of drug-likeness (QED) is 0.0300. The lowest BCUT2D eigenvalue weighted by Gasteiger charge is -2.23. The third-order valence-corrected chi connectivity index (χ3v) is 17.3. The molecule has 4 aromatic carbocycles. The Morgan fingerprint density at radius 2 is 0.446 bits per heavy atom. The van der Waals surface area contributed by atoms with Crippen LogP contribution >= 0.6 is 0 Å². The molecule has 0 amide bonds. The summed E-state index contributed by atoms with van der Waals surface area (Å²) in [7, 11) is 27.2. The van der Waals surface area contributed by atoms with Crippen LogP contribution in [0.3, 0.4) is 0 Å². The molecule has 12 nitrogen and oxygen atoms in total. The van der Waals surface area contributed by atoms with Crippen molar-refractivity contribution < 1.29 is 36.9 Å². The smallest absolute Gasteiger partial charge is 0.119 e. The van der Waals surface area contributed by atoms with Crippen LogP contribution in [0, 0.1) is 0 Å². The monoisotopic (exact) mass is 1250 g/mol. The molecule has 2 aliphatic heterocycles. The van der Waals surface area contributed by atoms with E-state index in [-0.39, 0.29) is 0 Å². The SMILES string of the molecule is C[N+](C)(C)CCCCCCOc1ccc(-c2c3nc(c(-c4ccc(OCCCCCC[N+](C)(C)C)cc4)c4ccc([nH]4)c(-c4ccc(OCCCCCC[N+](C)(C)C)cc4)c4nc(c(-c5ccc(OCCCCCC[N+](C)(C)C)cc5)c5ccc2[nH]5)C=C4)C=C3)cc1. The summed E-state index contributed by atoms with van der Waals surface area (Å²) in [4.78, 5) is 19.2. The highest BCUT2D eigenvalue weighted by molar-refractivity contribution is 6.00.